The van der Waals surface area contributed by atoms with Crippen molar-refractivity contribution in [1.29, 1.82) is 0 Å². The van der Waals surface area contributed by atoms with Gasteiger partial charge in [0.1, 0.15) is 16.1 Å². The second-order valence-electron chi connectivity index (χ2n) is 5.73. The van der Waals surface area contributed by atoms with Crippen LogP contribution in [0.2, 0.25) is 0 Å². The van der Waals surface area contributed by atoms with Crippen LogP contribution >= 0.6 is 27.3 Å². The molecule has 27 heavy (non-hydrogen) atoms. The number of thiazole rings is 1. The lowest BCUT2D eigenvalue weighted by Gasteiger charge is -1.96. The summed E-state index contributed by atoms with van der Waals surface area (Å²) in [5.41, 5.74) is 0.729. The smallest absolute Gasteiger partial charge is 0.291 e. The largest absolute Gasteiger partial charge is 0.461 e. The van der Waals surface area contributed by atoms with E-state index < -0.39 is 0 Å². The van der Waals surface area contributed by atoms with Crippen molar-refractivity contribution in [2.75, 3.05) is 0 Å². The van der Waals surface area contributed by atoms with Gasteiger partial charge in [-0.15, -0.1) is 5.10 Å². The van der Waals surface area contributed by atoms with Crippen LogP contribution in [0.25, 0.3) is 33.9 Å². The lowest BCUT2D eigenvalue weighted by molar-refractivity contribution is 0.571. The molecule has 132 valence electrons. The molecule has 0 radical (unpaired) electrons. The number of halogens is 1. The van der Waals surface area contributed by atoms with Crippen LogP contribution in [0, 0.1) is 0 Å². The standard InChI is InChI=1S/C19H10BrN3O3S/c20-12-5-3-11(4-6-12)14-8-7-13(26-14)10-16-18(24)23-19(27-16)21-17(22-23)15-2-1-9-25-15/h1-10H/b16-10-. The van der Waals surface area contributed by atoms with Gasteiger partial charge in [0.15, 0.2) is 5.76 Å². The summed E-state index contributed by atoms with van der Waals surface area (Å²) in [6.07, 6.45) is 3.25. The van der Waals surface area contributed by atoms with Gasteiger partial charge in [0.2, 0.25) is 10.8 Å². The highest BCUT2D eigenvalue weighted by Crippen LogP contribution is 2.24. The van der Waals surface area contributed by atoms with Crippen LogP contribution in [0.4, 0.5) is 0 Å². The van der Waals surface area contributed by atoms with Crippen molar-refractivity contribution < 1.29 is 8.83 Å². The minimum atomic E-state index is -0.234. The molecule has 0 bridgehead atoms. The number of hydrogen-bond acceptors (Lipinski definition) is 6. The summed E-state index contributed by atoms with van der Waals surface area (Å²) in [5.74, 6) is 2.26. The van der Waals surface area contributed by atoms with Gasteiger partial charge in [-0.1, -0.05) is 39.4 Å². The van der Waals surface area contributed by atoms with Crippen molar-refractivity contribution in [1.82, 2.24) is 14.6 Å². The molecule has 0 aliphatic rings. The van der Waals surface area contributed by atoms with Crippen molar-refractivity contribution in [3.8, 4) is 22.9 Å². The number of hydrogen-bond donors (Lipinski definition) is 0. The SMILES string of the molecule is O=c1/c(=C/c2ccc(-c3ccc(Br)cc3)o2)sc2nc(-c3ccco3)nn12. The molecule has 0 amide bonds. The quantitative estimate of drug-likeness (QED) is 0.425. The van der Waals surface area contributed by atoms with E-state index in [2.05, 4.69) is 26.0 Å². The Morgan fingerprint density at radius 3 is 2.67 bits per heavy atom. The van der Waals surface area contributed by atoms with Crippen LogP contribution in [-0.4, -0.2) is 14.6 Å². The van der Waals surface area contributed by atoms with E-state index in [1.54, 1.807) is 24.5 Å². The zero-order valence-corrected chi connectivity index (χ0v) is 16.0. The van der Waals surface area contributed by atoms with Gasteiger partial charge in [-0.05, 0) is 36.4 Å². The minimum Gasteiger partial charge on any atom is -0.461 e. The van der Waals surface area contributed by atoms with Crippen molar-refractivity contribution in [3.05, 3.63) is 79.9 Å². The molecule has 0 aliphatic heterocycles. The third kappa shape index (κ3) is 2.92. The van der Waals surface area contributed by atoms with Crippen LogP contribution in [0.3, 0.4) is 0 Å². The third-order valence-corrected chi connectivity index (χ3v) is 5.44. The molecule has 0 fully saturated rings. The average molecular weight is 440 g/mol. The molecule has 8 heteroatoms. The fourth-order valence-corrected chi connectivity index (χ4v) is 3.83. The van der Waals surface area contributed by atoms with E-state index in [0.29, 0.717) is 26.8 Å². The molecule has 0 saturated carbocycles. The van der Waals surface area contributed by atoms with E-state index in [1.165, 1.54) is 15.9 Å². The highest BCUT2D eigenvalue weighted by atomic mass is 79.9. The van der Waals surface area contributed by atoms with E-state index in [9.17, 15) is 4.79 Å². The highest BCUT2D eigenvalue weighted by molar-refractivity contribution is 9.10. The lowest BCUT2D eigenvalue weighted by Crippen LogP contribution is -2.23. The molecule has 0 N–H and O–H groups in total. The number of fused-ring (bicyclic) bond motifs is 1. The van der Waals surface area contributed by atoms with Gasteiger partial charge >= 0.3 is 0 Å². The molecule has 1 aromatic carbocycles. The Morgan fingerprint density at radius 1 is 1.07 bits per heavy atom. The number of benzene rings is 1. The Labute approximate surface area is 164 Å². The van der Waals surface area contributed by atoms with Gasteiger partial charge in [-0.3, -0.25) is 4.79 Å². The summed E-state index contributed by atoms with van der Waals surface area (Å²) < 4.78 is 13.9. The van der Waals surface area contributed by atoms with Gasteiger partial charge < -0.3 is 8.83 Å². The molecule has 5 rings (SSSR count). The maximum atomic E-state index is 12.6. The summed E-state index contributed by atoms with van der Waals surface area (Å²) in [6, 6.07) is 15.1. The summed E-state index contributed by atoms with van der Waals surface area (Å²) in [6.45, 7) is 0. The van der Waals surface area contributed by atoms with Gasteiger partial charge in [-0.25, -0.2) is 0 Å². The Bertz CT molecular complexity index is 1350. The van der Waals surface area contributed by atoms with Crippen molar-refractivity contribution in [2.45, 2.75) is 0 Å². The molecule has 6 nitrogen and oxygen atoms in total. The van der Waals surface area contributed by atoms with Gasteiger partial charge in [-0.2, -0.15) is 9.50 Å². The average Bonchev–Trinajstić information content (AvgIpc) is 3.43. The Balaban J connectivity index is 1.53. The number of nitrogens with zero attached hydrogens (tertiary/aromatic N) is 3. The zero-order valence-electron chi connectivity index (χ0n) is 13.6. The van der Waals surface area contributed by atoms with Crippen LogP contribution in [0.1, 0.15) is 5.76 Å². The summed E-state index contributed by atoms with van der Waals surface area (Å²) in [7, 11) is 0. The predicted octanol–water partition coefficient (Wildman–Crippen LogP) is 3.98. The second-order valence-corrected chi connectivity index (χ2v) is 7.66. The summed E-state index contributed by atoms with van der Waals surface area (Å²) >= 11 is 4.67. The van der Waals surface area contributed by atoms with Crippen LogP contribution in [0.5, 0.6) is 0 Å². The molecule has 0 saturated heterocycles. The van der Waals surface area contributed by atoms with Gasteiger partial charge in [0.25, 0.3) is 5.56 Å². The molecule has 0 unspecified atom stereocenters. The Hall–Kier alpha value is -2.97. The number of rotatable bonds is 3. The molecule has 0 atom stereocenters. The van der Waals surface area contributed by atoms with Gasteiger partial charge in [0, 0.05) is 16.1 Å². The molecular formula is C19H10BrN3O3S. The topological polar surface area (TPSA) is 73.5 Å². The molecule has 5 aromatic rings. The molecule has 4 aromatic heterocycles. The minimum absolute atomic E-state index is 0.234. The zero-order chi connectivity index (χ0) is 18.4. The van der Waals surface area contributed by atoms with E-state index >= 15 is 0 Å². The van der Waals surface area contributed by atoms with Crippen molar-refractivity contribution in [2.24, 2.45) is 0 Å². The van der Waals surface area contributed by atoms with Crippen molar-refractivity contribution >= 4 is 38.3 Å². The fraction of sp³-hybridized carbons (Fsp3) is 0. The summed E-state index contributed by atoms with van der Waals surface area (Å²) in [4.78, 5) is 17.5. The fourth-order valence-electron chi connectivity index (χ4n) is 2.67. The number of aromatic nitrogens is 3. The van der Waals surface area contributed by atoms with Crippen molar-refractivity contribution in [3.63, 3.8) is 0 Å². The number of furan rings is 2. The molecule has 0 aliphatic carbocycles. The van der Waals surface area contributed by atoms with Gasteiger partial charge in [0.05, 0.1) is 6.26 Å². The third-order valence-electron chi connectivity index (χ3n) is 3.95. The van der Waals surface area contributed by atoms with E-state index in [1.807, 2.05) is 36.4 Å². The molecular weight excluding hydrogens is 430 g/mol. The van der Waals surface area contributed by atoms with Crippen LogP contribution in [-0.2, 0) is 0 Å². The monoisotopic (exact) mass is 439 g/mol. The Kier molecular flexibility index (Phi) is 3.80. The normalized spacial score (nSPS) is 12.3. The maximum absolute atomic E-state index is 12.6. The lowest BCUT2D eigenvalue weighted by atomic mass is 10.2. The maximum Gasteiger partial charge on any atom is 0.291 e. The van der Waals surface area contributed by atoms with E-state index in [-0.39, 0.29) is 5.56 Å². The first-order valence-electron chi connectivity index (χ1n) is 7.98. The molecule has 4 heterocycles. The van der Waals surface area contributed by atoms with Crippen LogP contribution < -0.4 is 10.1 Å². The first-order chi connectivity index (χ1) is 13.2. The van der Waals surface area contributed by atoms with E-state index in [0.717, 1.165) is 15.8 Å². The highest BCUT2D eigenvalue weighted by Gasteiger charge is 2.14. The first kappa shape index (κ1) is 16.2. The molecule has 0 spiro atoms. The summed E-state index contributed by atoms with van der Waals surface area (Å²) in [5, 5.41) is 4.23. The van der Waals surface area contributed by atoms with Crippen LogP contribution in [0.15, 0.2) is 72.9 Å². The predicted molar refractivity (Wildman–Crippen MR) is 105 cm³/mol. The Morgan fingerprint density at radius 2 is 1.93 bits per heavy atom. The second kappa shape index (κ2) is 6.33. The van der Waals surface area contributed by atoms with E-state index in [4.69, 9.17) is 8.83 Å². The first-order valence-corrected chi connectivity index (χ1v) is 9.59.